The SMILES string of the molecule is CCC(O)CNC1CCCCC1C1CCCCN1. The summed E-state index contributed by atoms with van der Waals surface area (Å²) in [6.45, 7) is 4.02. The van der Waals surface area contributed by atoms with Crippen LogP contribution in [-0.4, -0.2) is 36.4 Å². The summed E-state index contributed by atoms with van der Waals surface area (Å²) in [5.41, 5.74) is 0. The van der Waals surface area contributed by atoms with Crippen molar-refractivity contribution in [1.82, 2.24) is 10.6 Å². The molecule has 1 aliphatic carbocycles. The lowest BCUT2D eigenvalue weighted by Crippen LogP contribution is -2.51. The van der Waals surface area contributed by atoms with Gasteiger partial charge in [-0.1, -0.05) is 26.2 Å². The molecule has 2 aliphatic rings. The number of nitrogens with one attached hydrogen (secondary N) is 2. The normalized spacial score (nSPS) is 35.3. The Hall–Kier alpha value is -0.120. The Labute approximate surface area is 112 Å². The zero-order chi connectivity index (χ0) is 12.8. The Bertz CT molecular complexity index is 229. The highest BCUT2D eigenvalue weighted by atomic mass is 16.3. The Morgan fingerprint density at radius 2 is 1.94 bits per heavy atom. The molecule has 0 spiro atoms. The van der Waals surface area contributed by atoms with Gasteiger partial charge in [-0.2, -0.15) is 0 Å². The first-order valence-electron chi connectivity index (χ1n) is 7.96. The highest BCUT2D eigenvalue weighted by molar-refractivity contribution is 4.90. The van der Waals surface area contributed by atoms with Gasteiger partial charge in [-0.15, -0.1) is 0 Å². The molecule has 2 fully saturated rings. The standard InChI is InChI=1S/C15H30N2O/c1-2-12(18)11-17-15-8-4-3-7-13(15)14-9-5-6-10-16-14/h12-18H,2-11H2,1H3. The first kappa shape index (κ1) is 14.3. The first-order chi connectivity index (χ1) is 8.81. The van der Waals surface area contributed by atoms with Crippen LogP contribution >= 0.6 is 0 Å². The molecule has 18 heavy (non-hydrogen) atoms. The predicted octanol–water partition coefficient (Wildman–Crippen LogP) is 2.05. The third-order valence-electron chi connectivity index (χ3n) is 4.77. The highest BCUT2D eigenvalue weighted by Gasteiger charge is 2.32. The minimum atomic E-state index is -0.174. The largest absolute Gasteiger partial charge is 0.392 e. The lowest BCUT2D eigenvalue weighted by molar-refractivity contribution is 0.135. The summed E-state index contributed by atoms with van der Waals surface area (Å²) in [5.74, 6) is 0.781. The van der Waals surface area contributed by atoms with E-state index in [-0.39, 0.29) is 6.10 Å². The molecule has 4 unspecified atom stereocenters. The van der Waals surface area contributed by atoms with E-state index in [1.165, 1.54) is 51.5 Å². The van der Waals surface area contributed by atoms with Gasteiger partial charge < -0.3 is 15.7 Å². The van der Waals surface area contributed by atoms with Crippen LogP contribution in [-0.2, 0) is 0 Å². The lowest BCUT2D eigenvalue weighted by Gasteiger charge is -2.40. The molecule has 2 rings (SSSR count). The van der Waals surface area contributed by atoms with Crippen LogP contribution in [0.25, 0.3) is 0 Å². The van der Waals surface area contributed by atoms with Gasteiger partial charge in [-0.3, -0.25) is 0 Å². The topological polar surface area (TPSA) is 44.3 Å². The van der Waals surface area contributed by atoms with Crippen molar-refractivity contribution < 1.29 is 5.11 Å². The van der Waals surface area contributed by atoms with E-state index in [0.29, 0.717) is 6.04 Å². The lowest BCUT2D eigenvalue weighted by atomic mass is 9.77. The summed E-state index contributed by atoms with van der Waals surface area (Å²) in [6.07, 6.45) is 10.1. The van der Waals surface area contributed by atoms with Gasteiger partial charge in [0.05, 0.1) is 6.10 Å². The zero-order valence-corrected chi connectivity index (χ0v) is 11.8. The first-order valence-corrected chi connectivity index (χ1v) is 7.96. The van der Waals surface area contributed by atoms with Crippen LogP contribution in [0, 0.1) is 5.92 Å². The molecule has 1 aliphatic heterocycles. The minimum absolute atomic E-state index is 0.174. The average Bonchev–Trinajstić information content (AvgIpc) is 2.46. The molecule has 3 nitrogen and oxygen atoms in total. The quantitative estimate of drug-likeness (QED) is 0.703. The van der Waals surface area contributed by atoms with E-state index in [9.17, 15) is 5.11 Å². The fourth-order valence-corrected chi connectivity index (χ4v) is 3.57. The molecule has 1 heterocycles. The number of hydrogen-bond donors (Lipinski definition) is 3. The summed E-state index contributed by atoms with van der Waals surface area (Å²) in [4.78, 5) is 0. The van der Waals surface area contributed by atoms with Crippen LogP contribution in [0.3, 0.4) is 0 Å². The Kier molecular flexibility index (Phi) is 5.93. The smallest absolute Gasteiger partial charge is 0.0662 e. The average molecular weight is 254 g/mol. The van der Waals surface area contributed by atoms with Crippen molar-refractivity contribution in [2.24, 2.45) is 5.92 Å². The van der Waals surface area contributed by atoms with Crippen molar-refractivity contribution in [3.05, 3.63) is 0 Å². The molecule has 0 aromatic heterocycles. The number of aliphatic hydroxyl groups is 1. The Balaban J connectivity index is 1.84. The summed E-state index contributed by atoms with van der Waals surface area (Å²) >= 11 is 0. The van der Waals surface area contributed by atoms with Crippen molar-refractivity contribution >= 4 is 0 Å². The number of piperidine rings is 1. The van der Waals surface area contributed by atoms with Crippen LogP contribution in [0.1, 0.15) is 58.3 Å². The van der Waals surface area contributed by atoms with Crippen LogP contribution < -0.4 is 10.6 Å². The van der Waals surface area contributed by atoms with Crippen LogP contribution in [0.2, 0.25) is 0 Å². The fourth-order valence-electron chi connectivity index (χ4n) is 3.57. The molecule has 0 aromatic carbocycles. The van der Waals surface area contributed by atoms with E-state index in [1.54, 1.807) is 0 Å². The third kappa shape index (κ3) is 3.94. The van der Waals surface area contributed by atoms with E-state index < -0.39 is 0 Å². The Morgan fingerprint density at radius 3 is 2.67 bits per heavy atom. The Morgan fingerprint density at radius 1 is 1.17 bits per heavy atom. The molecule has 106 valence electrons. The molecular formula is C15H30N2O. The van der Waals surface area contributed by atoms with Crippen molar-refractivity contribution in [3.8, 4) is 0 Å². The second kappa shape index (κ2) is 7.46. The van der Waals surface area contributed by atoms with Crippen LogP contribution in [0.15, 0.2) is 0 Å². The number of hydrogen-bond acceptors (Lipinski definition) is 3. The van der Waals surface area contributed by atoms with E-state index in [0.717, 1.165) is 24.9 Å². The fraction of sp³-hybridized carbons (Fsp3) is 1.00. The van der Waals surface area contributed by atoms with Crippen LogP contribution in [0.4, 0.5) is 0 Å². The maximum Gasteiger partial charge on any atom is 0.0662 e. The maximum absolute atomic E-state index is 9.71. The summed E-state index contributed by atoms with van der Waals surface area (Å²) < 4.78 is 0. The molecule has 4 atom stereocenters. The summed E-state index contributed by atoms with van der Waals surface area (Å²) in [6, 6.07) is 1.34. The zero-order valence-electron chi connectivity index (χ0n) is 11.8. The van der Waals surface area contributed by atoms with Gasteiger partial charge in [-0.25, -0.2) is 0 Å². The molecule has 0 amide bonds. The minimum Gasteiger partial charge on any atom is -0.392 e. The van der Waals surface area contributed by atoms with E-state index in [1.807, 2.05) is 6.92 Å². The van der Waals surface area contributed by atoms with Gasteiger partial charge in [0.1, 0.15) is 0 Å². The summed E-state index contributed by atoms with van der Waals surface area (Å²) in [7, 11) is 0. The van der Waals surface area contributed by atoms with Gasteiger partial charge in [0.15, 0.2) is 0 Å². The van der Waals surface area contributed by atoms with Crippen molar-refractivity contribution in [3.63, 3.8) is 0 Å². The van der Waals surface area contributed by atoms with Gasteiger partial charge in [0.25, 0.3) is 0 Å². The molecule has 3 N–H and O–H groups in total. The third-order valence-corrected chi connectivity index (χ3v) is 4.77. The number of rotatable bonds is 5. The molecule has 0 radical (unpaired) electrons. The molecule has 1 saturated heterocycles. The van der Waals surface area contributed by atoms with Crippen molar-refractivity contribution in [2.45, 2.75) is 76.5 Å². The highest BCUT2D eigenvalue weighted by Crippen LogP contribution is 2.30. The van der Waals surface area contributed by atoms with Crippen LogP contribution in [0.5, 0.6) is 0 Å². The molecule has 3 heteroatoms. The van der Waals surface area contributed by atoms with Gasteiger partial charge in [0.2, 0.25) is 0 Å². The van der Waals surface area contributed by atoms with Crippen molar-refractivity contribution in [2.75, 3.05) is 13.1 Å². The molecule has 0 aromatic rings. The van der Waals surface area contributed by atoms with Crippen molar-refractivity contribution in [1.29, 1.82) is 0 Å². The second-order valence-electron chi connectivity index (χ2n) is 6.08. The molecular weight excluding hydrogens is 224 g/mol. The predicted molar refractivity (Wildman–Crippen MR) is 75.7 cm³/mol. The van der Waals surface area contributed by atoms with Gasteiger partial charge >= 0.3 is 0 Å². The summed E-state index contributed by atoms with van der Waals surface area (Å²) in [5, 5.41) is 17.1. The van der Waals surface area contributed by atoms with E-state index >= 15 is 0 Å². The molecule has 1 saturated carbocycles. The van der Waals surface area contributed by atoms with Gasteiger partial charge in [-0.05, 0) is 44.6 Å². The van der Waals surface area contributed by atoms with E-state index in [4.69, 9.17) is 0 Å². The maximum atomic E-state index is 9.71. The molecule has 0 bridgehead atoms. The second-order valence-corrected chi connectivity index (χ2v) is 6.08. The van der Waals surface area contributed by atoms with Gasteiger partial charge in [0, 0.05) is 18.6 Å². The van der Waals surface area contributed by atoms with E-state index in [2.05, 4.69) is 10.6 Å². The number of aliphatic hydroxyl groups excluding tert-OH is 1. The monoisotopic (exact) mass is 254 g/mol.